The van der Waals surface area contributed by atoms with Gasteiger partial charge in [-0.1, -0.05) is 50.3 Å². The molecule has 0 aromatic heterocycles. The Hall–Kier alpha value is 0.120. The normalized spacial score (nSPS) is 15.2. The number of ether oxygens (including phenoxy) is 1. The highest BCUT2D eigenvalue weighted by Gasteiger charge is 2.20. The van der Waals surface area contributed by atoms with E-state index in [9.17, 15) is 4.79 Å². The molecule has 18 heavy (non-hydrogen) atoms. The van der Waals surface area contributed by atoms with E-state index in [1.54, 1.807) is 0 Å². The van der Waals surface area contributed by atoms with Crippen LogP contribution in [0.5, 0.6) is 0 Å². The van der Waals surface area contributed by atoms with Gasteiger partial charge in [0.05, 0.1) is 4.05 Å². The number of rotatable bonds is 8. The third kappa shape index (κ3) is 7.53. The van der Waals surface area contributed by atoms with Crippen LogP contribution in [-0.2, 0) is 9.53 Å². The van der Waals surface area contributed by atoms with Crippen molar-refractivity contribution >= 4 is 28.6 Å². The lowest BCUT2D eigenvalue weighted by Crippen LogP contribution is -2.41. The number of hydrogen-bond acceptors (Lipinski definition) is 4. The summed E-state index contributed by atoms with van der Waals surface area (Å²) in [6.07, 6.45) is 1.10. The number of nitrogens with zero attached hydrogens (tertiary/aromatic N) is 1. The number of alkyl halides is 1. The zero-order valence-electron chi connectivity index (χ0n) is 12.1. The van der Waals surface area contributed by atoms with Crippen molar-refractivity contribution in [2.24, 2.45) is 17.6 Å². The van der Waals surface area contributed by atoms with Crippen LogP contribution < -0.4 is 5.73 Å². The SMILES string of the molecule is CC(C)CCN(COC(=O)C(N)C(C)C)C(C)I. The van der Waals surface area contributed by atoms with Gasteiger partial charge in [0.15, 0.2) is 0 Å². The molecule has 0 radical (unpaired) electrons. The summed E-state index contributed by atoms with van der Waals surface area (Å²) < 4.78 is 5.62. The highest BCUT2D eigenvalue weighted by Crippen LogP contribution is 2.11. The summed E-state index contributed by atoms with van der Waals surface area (Å²) in [4.78, 5) is 13.8. The Kier molecular flexibility index (Phi) is 9.15. The Bertz CT molecular complexity index is 245. The topological polar surface area (TPSA) is 55.6 Å². The van der Waals surface area contributed by atoms with Crippen LogP contribution in [0.15, 0.2) is 0 Å². The number of carbonyl (C=O) groups excluding carboxylic acids is 1. The minimum Gasteiger partial charge on any atom is -0.448 e. The van der Waals surface area contributed by atoms with Gasteiger partial charge in [-0.25, -0.2) is 0 Å². The highest BCUT2D eigenvalue weighted by atomic mass is 127. The highest BCUT2D eigenvalue weighted by molar-refractivity contribution is 14.1. The van der Waals surface area contributed by atoms with Crippen LogP contribution in [0.25, 0.3) is 0 Å². The van der Waals surface area contributed by atoms with Crippen LogP contribution in [0.1, 0.15) is 41.0 Å². The molecule has 0 fully saturated rings. The van der Waals surface area contributed by atoms with Crippen LogP contribution in [0.3, 0.4) is 0 Å². The molecule has 0 heterocycles. The molecule has 0 bridgehead atoms. The quantitative estimate of drug-likeness (QED) is 0.235. The zero-order chi connectivity index (χ0) is 14.3. The van der Waals surface area contributed by atoms with E-state index in [1.165, 1.54) is 0 Å². The predicted octanol–water partition coefficient (Wildman–Crippen LogP) is 2.60. The van der Waals surface area contributed by atoms with E-state index < -0.39 is 6.04 Å². The average molecular weight is 370 g/mol. The molecule has 5 heteroatoms. The molecule has 2 unspecified atom stereocenters. The maximum atomic E-state index is 11.7. The van der Waals surface area contributed by atoms with Crippen LogP contribution in [0, 0.1) is 11.8 Å². The lowest BCUT2D eigenvalue weighted by atomic mass is 10.1. The number of nitrogens with two attached hydrogens (primary N) is 1. The largest absolute Gasteiger partial charge is 0.448 e. The van der Waals surface area contributed by atoms with Crippen molar-refractivity contribution in [3.63, 3.8) is 0 Å². The second kappa shape index (κ2) is 9.09. The fourth-order valence-corrected chi connectivity index (χ4v) is 1.72. The van der Waals surface area contributed by atoms with Crippen LogP contribution in [0.2, 0.25) is 0 Å². The molecule has 0 saturated heterocycles. The molecule has 0 aliphatic rings. The van der Waals surface area contributed by atoms with Crippen molar-refractivity contribution in [3.8, 4) is 0 Å². The summed E-state index contributed by atoms with van der Waals surface area (Å²) in [5.41, 5.74) is 5.75. The number of esters is 1. The second-order valence-corrected chi connectivity index (χ2v) is 7.23. The van der Waals surface area contributed by atoms with Crippen molar-refractivity contribution in [3.05, 3.63) is 0 Å². The van der Waals surface area contributed by atoms with E-state index in [4.69, 9.17) is 10.5 Å². The molecule has 2 atom stereocenters. The van der Waals surface area contributed by atoms with Crippen molar-refractivity contribution in [1.29, 1.82) is 0 Å². The van der Waals surface area contributed by atoms with Gasteiger partial charge in [-0.2, -0.15) is 0 Å². The van der Waals surface area contributed by atoms with Gasteiger partial charge in [0.2, 0.25) is 0 Å². The number of carbonyl (C=O) groups is 1. The Labute approximate surface area is 125 Å². The van der Waals surface area contributed by atoms with Crippen LogP contribution >= 0.6 is 22.6 Å². The van der Waals surface area contributed by atoms with Gasteiger partial charge < -0.3 is 10.5 Å². The van der Waals surface area contributed by atoms with Crippen molar-refractivity contribution in [2.75, 3.05) is 13.3 Å². The van der Waals surface area contributed by atoms with Gasteiger partial charge in [-0.05, 0) is 25.2 Å². The molecule has 0 rings (SSSR count). The molecule has 0 amide bonds. The summed E-state index contributed by atoms with van der Waals surface area (Å²) in [7, 11) is 0. The lowest BCUT2D eigenvalue weighted by Gasteiger charge is -2.26. The van der Waals surface area contributed by atoms with Crippen molar-refractivity contribution < 1.29 is 9.53 Å². The molecular formula is C13H27IN2O2. The standard InChI is InChI=1S/C13H27IN2O2/c1-9(2)6-7-16(11(5)14)8-18-13(17)12(15)10(3)4/h9-12H,6-8,15H2,1-5H3. The van der Waals surface area contributed by atoms with Gasteiger partial charge in [-0.15, -0.1) is 0 Å². The van der Waals surface area contributed by atoms with E-state index in [2.05, 4.69) is 48.3 Å². The van der Waals surface area contributed by atoms with Crippen LogP contribution in [0.4, 0.5) is 0 Å². The van der Waals surface area contributed by atoms with E-state index in [1.807, 2.05) is 13.8 Å². The molecule has 2 N–H and O–H groups in total. The first-order valence-electron chi connectivity index (χ1n) is 6.56. The summed E-state index contributed by atoms with van der Waals surface area (Å²) in [6, 6.07) is -0.526. The first-order valence-corrected chi connectivity index (χ1v) is 7.80. The molecule has 0 saturated carbocycles. The van der Waals surface area contributed by atoms with Crippen molar-refractivity contribution in [1.82, 2.24) is 4.90 Å². The smallest absolute Gasteiger partial charge is 0.324 e. The van der Waals surface area contributed by atoms with Gasteiger partial charge in [0.1, 0.15) is 12.8 Å². The summed E-state index contributed by atoms with van der Waals surface area (Å²) in [5.74, 6) is 0.450. The third-order valence-corrected chi connectivity index (χ3v) is 3.65. The molecule has 4 nitrogen and oxygen atoms in total. The summed E-state index contributed by atoms with van der Waals surface area (Å²) in [6.45, 7) is 11.6. The van der Waals surface area contributed by atoms with Gasteiger partial charge in [0.25, 0.3) is 0 Å². The third-order valence-electron chi connectivity index (χ3n) is 2.86. The second-order valence-electron chi connectivity index (χ2n) is 5.43. The van der Waals surface area contributed by atoms with Gasteiger partial charge >= 0.3 is 5.97 Å². The fraction of sp³-hybridized carbons (Fsp3) is 0.923. The predicted molar refractivity (Wildman–Crippen MR) is 83.4 cm³/mol. The van der Waals surface area contributed by atoms with E-state index in [0.717, 1.165) is 13.0 Å². The lowest BCUT2D eigenvalue weighted by molar-refractivity contribution is -0.151. The van der Waals surface area contributed by atoms with E-state index >= 15 is 0 Å². The maximum Gasteiger partial charge on any atom is 0.324 e. The molecule has 0 aliphatic carbocycles. The zero-order valence-corrected chi connectivity index (χ0v) is 14.3. The van der Waals surface area contributed by atoms with Crippen LogP contribution in [-0.4, -0.2) is 34.2 Å². The maximum absolute atomic E-state index is 11.7. The summed E-state index contributed by atoms with van der Waals surface area (Å²) in [5, 5.41) is 0. The molecule has 0 aromatic rings. The number of hydrogen-bond donors (Lipinski definition) is 1. The Morgan fingerprint density at radius 2 is 1.83 bits per heavy atom. The monoisotopic (exact) mass is 370 g/mol. The van der Waals surface area contributed by atoms with E-state index in [0.29, 0.717) is 16.7 Å². The molecule has 0 aliphatic heterocycles. The van der Waals surface area contributed by atoms with Crippen molar-refractivity contribution in [2.45, 2.75) is 51.1 Å². The molecule has 0 spiro atoms. The Morgan fingerprint density at radius 3 is 2.22 bits per heavy atom. The first kappa shape index (κ1) is 18.1. The molecule has 108 valence electrons. The average Bonchev–Trinajstić information content (AvgIpc) is 2.26. The number of halogens is 1. The molecule has 0 aromatic carbocycles. The minimum atomic E-state index is -0.526. The minimum absolute atomic E-state index is 0.110. The summed E-state index contributed by atoms with van der Waals surface area (Å²) >= 11 is 2.33. The first-order chi connectivity index (χ1) is 8.25. The molecular weight excluding hydrogens is 343 g/mol. The van der Waals surface area contributed by atoms with E-state index in [-0.39, 0.29) is 11.9 Å². The van der Waals surface area contributed by atoms with Gasteiger partial charge in [-0.3, -0.25) is 9.69 Å². The Balaban J connectivity index is 4.15. The van der Waals surface area contributed by atoms with Gasteiger partial charge in [0, 0.05) is 6.54 Å². The Morgan fingerprint density at radius 1 is 1.28 bits per heavy atom. The fourth-order valence-electron chi connectivity index (χ4n) is 1.28.